The van der Waals surface area contributed by atoms with E-state index < -0.39 is 14.9 Å². The highest BCUT2D eigenvalue weighted by Crippen LogP contribution is 2.33. The predicted octanol–water partition coefficient (Wildman–Crippen LogP) is 2.91. The van der Waals surface area contributed by atoms with Gasteiger partial charge in [-0.3, -0.25) is 10.1 Å². The molecule has 7 nitrogen and oxygen atoms in total. The standard InChI is InChI=1S/C16H25N3O4S/c1-3-5-13-6-4-10-18(11-9-13)15-8-7-14(24(22,23)17-2)12-16(15)19(20)21/h7-8,12-13,17H,3-6,9-11H2,1-2H3. The van der Waals surface area contributed by atoms with Crippen molar-refractivity contribution >= 4 is 21.4 Å². The molecule has 1 aromatic carbocycles. The fraction of sp³-hybridized carbons (Fsp3) is 0.625. The van der Waals surface area contributed by atoms with Crippen LogP contribution in [0.4, 0.5) is 11.4 Å². The van der Waals surface area contributed by atoms with Crippen molar-refractivity contribution in [2.75, 3.05) is 25.0 Å². The highest BCUT2D eigenvalue weighted by Gasteiger charge is 2.25. The number of nitro benzene ring substituents is 1. The Morgan fingerprint density at radius 2 is 2.08 bits per heavy atom. The lowest BCUT2D eigenvalue weighted by Gasteiger charge is -2.23. The number of nitrogens with zero attached hydrogens (tertiary/aromatic N) is 2. The number of benzene rings is 1. The Kier molecular flexibility index (Phi) is 6.17. The molecule has 1 heterocycles. The van der Waals surface area contributed by atoms with Gasteiger partial charge in [0.15, 0.2) is 0 Å². The molecule has 24 heavy (non-hydrogen) atoms. The van der Waals surface area contributed by atoms with E-state index in [4.69, 9.17) is 0 Å². The zero-order chi connectivity index (χ0) is 17.7. The van der Waals surface area contributed by atoms with Crippen molar-refractivity contribution in [1.29, 1.82) is 0 Å². The van der Waals surface area contributed by atoms with E-state index in [0.717, 1.165) is 44.8 Å². The zero-order valence-electron chi connectivity index (χ0n) is 14.2. The molecule has 134 valence electrons. The zero-order valence-corrected chi connectivity index (χ0v) is 15.0. The van der Waals surface area contributed by atoms with Crippen LogP contribution < -0.4 is 9.62 Å². The van der Waals surface area contributed by atoms with E-state index in [1.807, 2.05) is 4.90 Å². The molecule has 8 heteroatoms. The Morgan fingerprint density at radius 3 is 2.71 bits per heavy atom. The number of nitrogens with one attached hydrogen (secondary N) is 1. The predicted molar refractivity (Wildman–Crippen MR) is 93.8 cm³/mol. The van der Waals surface area contributed by atoms with Crippen LogP contribution in [-0.4, -0.2) is 33.5 Å². The van der Waals surface area contributed by atoms with Gasteiger partial charge in [-0.1, -0.05) is 19.8 Å². The number of hydrogen-bond acceptors (Lipinski definition) is 5. The van der Waals surface area contributed by atoms with Gasteiger partial charge in [0, 0.05) is 19.2 Å². The molecule has 0 radical (unpaired) electrons. The lowest BCUT2D eigenvalue weighted by molar-refractivity contribution is -0.384. The first-order chi connectivity index (χ1) is 11.4. The van der Waals surface area contributed by atoms with Crippen molar-refractivity contribution in [3.8, 4) is 0 Å². The molecule has 1 saturated heterocycles. The van der Waals surface area contributed by atoms with Gasteiger partial charge in [0.1, 0.15) is 5.69 Å². The van der Waals surface area contributed by atoms with Crippen LogP contribution in [0.15, 0.2) is 23.1 Å². The van der Waals surface area contributed by atoms with Crippen molar-refractivity contribution in [2.45, 2.75) is 43.9 Å². The molecule has 1 aliphatic heterocycles. The molecular weight excluding hydrogens is 330 g/mol. The van der Waals surface area contributed by atoms with Crippen molar-refractivity contribution in [3.05, 3.63) is 28.3 Å². The van der Waals surface area contributed by atoms with Gasteiger partial charge in [0.05, 0.1) is 9.82 Å². The van der Waals surface area contributed by atoms with Gasteiger partial charge in [-0.15, -0.1) is 0 Å². The normalized spacial score (nSPS) is 19.1. The molecule has 1 aromatic rings. The Bertz CT molecular complexity index is 691. The number of anilines is 1. The Balaban J connectivity index is 2.31. The molecule has 2 rings (SSSR count). The molecule has 1 unspecified atom stereocenters. The van der Waals surface area contributed by atoms with E-state index >= 15 is 0 Å². The van der Waals surface area contributed by atoms with E-state index in [9.17, 15) is 18.5 Å². The minimum atomic E-state index is -3.70. The number of sulfonamides is 1. The molecule has 0 spiro atoms. The molecule has 0 amide bonds. The lowest BCUT2D eigenvalue weighted by atomic mass is 9.96. The average molecular weight is 355 g/mol. The molecule has 1 N–H and O–H groups in total. The largest absolute Gasteiger partial charge is 0.366 e. The van der Waals surface area contributed by atoms with Crippen LogP contribution in [0.2, 0.25) is 0 Å². The van der Waals surface area contributed by atoms with E-state index in [-0.39, 0.29) is 10.6 Å². The summed E-state index contributed by atoms with van der Waals surface area (Å²) >= 11 is 0. The third-order valence-corrected chi connectivity index (χ3v) is 6.02. The Morgan fingerprint density at radius 1 is 1.33 bits per heavy atom. The SMILES string of the molecule is CCCC1CCCN(c2ccc(S(=O)(=O)NC)cc2[N+](=O)[O-])CC1. The molecule has 0 saturated carbocycles. The molecule has 1 fully saturated rings. The summed E-state index contributed by atoms with van der Waals surface area (Å²) in [5.74, 6) is 0.669. The maximum atomic E-state index is 11.9. The van der Waals surface area contributed by atoms with Crippen molar-refractivity contribution in [3.63, 3.8) is 0 Å². The summed E-state index contributed by atoms with van der Waals surface area (Å²) in [4.78, 5) is 12.9. The summed E-state index contributed by atoms with van der Waals surface area (Å²) in [7, 11) is -2.41. The van der Waals surface area contributed by atoms with Gasteiger partial charge in [-0.05, 0) is 44.4 Å². The summed E-state index contributed by atoms with van der Waals surface area (Å²) in [6, 6.07) is 4.14. The smallest absolute Gasteiger partial charge is 0.293 e. The summed E-state index contributed by atoms with van der Waals surface area (Å²) < 4.78 is 26.0. The van der Waals surface area contributed by atoms with E-state index in [1.54, 1.807) is 6.07 Å². The van der Waals surface area contributed by atoms with Gasteiger partial charge >= 0.3 is 0 Å². The minimum absolute atomic E-state index is 0.0841. The Hall–Kier alpha value is -1.67. The van der Waals surface area contributed by atoms with Crippen LogP contribution in [0.1, 0.15) is 39.0 Å². The van der Waals surface area contributed by atoms with E-state index in [0.29, 0.717) is 11.6 Å². The maximum Gasteiger partial charge on any atom is 0.293 e. The minimum Gasteiger partial charge on any atom is -0.366 e. The van der Waals surface area contributed by atoms with E-state index in [1.165, 1.54) is 19.5 Å². The highest BCUT2D eigenvalue weighted by molar-refractivity contribution is 7.89. The monoisotopic (exact) mass is 355 g/mol. The maximum absolute atomic E-state index is 11.9. The first-order valence-corrected chi connectivity index (χ1v) is 9.84. The summed E-state index contributed by atoms with van der Waals surface area (Å²) in [6.45, 7) is 3.71. The molecule has 0 aromatic heterocycles. The first-order valence-electron chi connectivity index (χ1n) is 8.36. The van der Waals surface area contributed by atoms with Crippen molar-refractivity contribution < 1.29 is 13.3 Å². The van der Waals surface area contributed by atoms with Crippen LogP contribution in [0.3, 0.4) is 0 Å². The first kappa shape index (κ1) is 18.7. The van der Waals surface area contributed by atoms with Crippen LogP contribution >= 0.6 is 0 Å². The van der Waals surface area contributed by atoms with Crippen LogP contribution in [-0.2, 0) is 10.0 Å². The second-order valence-electron chi connectivity index (χ2n) is 6.19. The number of nitro groups is 1. The highest BCUT2D eigenvalue weighted by atomic mass is 32.2. The van der Waals surface area contributed by atoms with Gasteiger partial charge in [-0.25, -0.2) is 13.1 Å². The van der Waals surface area contributed by atoms with E-state index in [2.05, 4.69) is 11.6 Å². The summed E-state index contributed by atoms with van der Waals surface area (Å²) in [6.07, 6.45) is 5.50. The van der Waals surface area contributed by atoms with Gasteiger partial charge in [0.25, 0.3) is 5.69 Å². The van der Waals surface area contributed by atoms with Crippen molar-refractivity contribution in [1.82, 2.24) is 4.72 Å². The molecule has 1 aliphatic rings. The second-order valence-corrected chi connectivity index (χ2v) is 8.07. The van der Waals surface area contributed by atoms with Crippen molar-refractivity contribution in [2.24, 2.45) is 5.92 Å². The second kappa shape index (κ2) is 7.94. The number of hydrogen-bond donors (Lipinski definition) is 1. The van der Waals surface area contributed by atoms with Gasteiger partial charge < -0.3 is 4.90 Å². The molecule has 0 bridgehead atoms. The Labute approximate surface area is 143 Å². The summed E-state index contributed by atoms with van der Waals surface area (Å²) in [5.41, 5.74) is 0.354. The lowest BCUT2D eigenvalue weighted by Crippen LogP contribution is -2.25. The van der Waals surface area contributed by atoms with Crippen LogP contribution in [0, 0.1) is 16.0 Å². The molecule has 0 aliphatic carbocycles. The average Bonchev–Trinajstić information content (AvgIpc) is 2.80. The fourth-order valence-electron chi connectivity index (χ4n) is 3.31. The quantitative estimate of drug-likeness (QED) is 0.625. The fourth-order valence-corrected chi connectivity index (χ4v) is 4.05. The van der Waals surface area contributed by atoms with Crippen LogP contribution in [0.25, 0.3) is 0 Å². The summed E-state index contributed by atoms with van der Waals surface area (Å²) in [5, 5.41) is 11.4. The third-order valence-electron chi connectivity index (χ3n) is 4.61. The third kappa shape index (κ3) is 4.24. The molecule has 1 atom stereocenters. The van der Waals surface area contributed by atoms with Gasteiger partial charge in [0.2, 0.25) is 10.0 Å². The number of rotatable bonds is 6. The molecular formula is C16H25N3O4S. The topological polar surface area (TPSA) is 92.6 Å². The van der Waals surface area contributed by atoms with Crippen LogP contribution in [0.5, 0.6) is 0 Å². The van der Waals surface area contributed by atoms with Gasteiger partial charge in [-0.2, -0.15) is 0 Å².